The number of methoxy groups -OCH3 is 1. The number of hydrogen-bond acceptors (Lipinski definition) is 3. The molecular weight excluding hydrogens is 250 g/mol. The van der Waals surface area contributed by atoms with Crippen LogP contribution in [0.2, 0.25) is 0 Å². The van der Waals surface area contributed by atoms with E-state index in [2.05, 4.69) is 25.2 Å². The van der Waals surface area contributed by atoms with E-state index in [1.54, 1.807) is 7.11 Å². The van der Waals surface area contributed by atoms with E-state index in [1.165, 1.54) is 5.56 Å². The molecule has 0 aliphatic rings. The minimum Gasteiger partial charge on any atom is -0.493 e. The quantitative estimate of drug-likeness (QED) is 0.827. The molecule has 0 radical (unpaired) electrons. The second-order valence-electron chi connectivity index (χ2n) is 4.44. The molecule has 0 unspecified atom stereocenters. The molecule has 0 heterocycles. The van der Waals surface area contributed by atoms with Crippen LogP contribution in [0.5, 0.6) is 11.5 Å². The van der Waals surface area contributed by atoms with Crippen LogP contribution < -0.4 is 14.8 Å². The number of benzene rings is 1. The average Bonchev–Trinajstić information content (AvgIpc) is 2.29. The molecule has 104 valence electrons. The summed E-state index contributed by atoms with van der Waals surface area (Å²) < 4.78 is 10.8. The van der Waals surface area contributed by atoms with Gasteiger partial charge < -0.3 is 14.8 Å². The Morgan fingerprint density at radius 1 is 1.22 bits per heavy atom. The summed E-state index contributed by atoms with van der Waals surface area (Å²) in [5.74, 6) is 2.28. The van der Waals surface area contributed by atoms with Crippen molar-refractivity contribution in [2.24, 2.45) is 5.92 Å². The fourth-order valence-corrected chi connectivity index (χ4v) is 1.60. The Morgan fingerprint density at radius 2 is 1.94 bits per heavy atom. The molecule has 0 saturated carbocycles. The van der Waals surface area contributed by atoms with E-state index in [0.717, 1.165) is 24.6 Å². The van der Waals surface area contributed by atoms with E-state index in [0.29, 0.717) is 12.5 Å². The first-order chi connectivity index (χ1) is 8.17. The maximum atomic E-state index is 5.54. The predicted molar refractivity (Wildman–Crippen MR) is 78.0 cm³/mol. The zero-order valence-electron chi connectivity index (χ0n) is 11.7. The lowest BCUT2D eigenvalue weighted by Crippen LogP contribution is -2.18. The summed E-state index contributed by atoms with van der Waals surface area (Å²) in [6, 6.07) is 6.06. The minimum atomic E-state index is 0. The molecule has 0 aliphatic heterocycles. The Hall–Kier alpha value is -0.930. The molecule has 0 bridgehead atoms. The molecule has 0 aliphatic carbocycles. The van der Waals surface area contributed by atoms with Gasteiger partial charge in [-0.15, -0.1) is 12.4 Å². The van der Waals surface area contributed by atoms with Crippen LogP contribution in [0.25, 0.3) is 0 Å². The maximum absolute atomic E-state index is 5.54. The van der Waals surface area contributed by atoms with Crippen molar-refractivity contribution in [1.82, 2.24) is 5.32 Å². The molecule has 1 aromatic rings. The Kier molecular flexibility index (Phi) is 8.59. The van der Waals surface area contributed by atoms with Crippen molar-refractivity contribution in [3.8, 4) is 11.5 Å². The van der Waals surface area contributed by atoms with Crippen LogP contribution in [0.4, 0.5) is 0 Å². The van der Waals surface area contributed by atoms with Crippen LogP contribution in [0.3, 0.4) is 0 Å². The van der Waals surface area contributed by atoms with Crippen molar-refractivity contribution in [3.05, 3.63) is 23.8 Å². The minimum absolute atomic E-state index is 0. The van der Waals surface area contributed by atoms with Crippen LogP contribution >= 0.6 is 12.4 Å². The fourth-order valence-electron chi connectivity index (χ4n) is 1.60. The second-order valence-corrected chi connectivity index (χ2v) is 4.44. The SMILES string of the molecule is CCOc1cc(CNCC(C)C)ccc1OC.Cl. The van der Waals surface area contributed by atoms with Gasteiger partial charge in [0.25, 0.3) is 0 Å². The lowest BCUT2D eigenvalue weighted by molar-refractivity contribution is 0.310. The molecule has 1 aromatic carbocycles. The third-order valence-corrected chi connectivity index (χ3v) is 2.41. The summed E-state index contributed by atoms with van der Waals surface area (Å²) in [7, 11) is 1.66. The highest BCUT2D eigenvalue weighted by molar-refractivity contribution is 5.85. The summed E-state index contributed by atoms with van der Waals surface area (Å²) in [4.78, 5) is 0. The van der Waals surface area contributed by atoms with Gasteiger partial charge in [-0.1, -0.05) is 19.9 Å². The van der Waals surface area contributed by atoms with Crippen molar-refractivity contribution in [2.45, 2.75) is 27.3 Å². The second kappa shape index (κ2) is 9.06. The van der Waals surface area contributed by atoms with Gasteiger partial charge in [0.1, 0.15) is 0 Å². The molecule has 0 fully saturated rings. The Balaban J connectivity index is 0.00000289. The molecular formula is C14H24ClNO2. The molecule has 1 N–H and O–H groups in total. The number of hydrogen-bond donors (Lipinski definition) is 1. The van der Waals surface area contributed by atoms with Crippen LogP contribution in [-0.4, -0.2) is 20.3 Å². The number of halogens is 1. The largest absolute Gasteiger partial charge is 0.493 e. The van der Waals surface area contributed by atoms with E-state index < -0.39 is 0 Å². The molecule has 3 nitrogen and oxygen atoms in total. The molecule has 0 saturated heterocycles. The van der Waals surface area contributed by atoms with Gasteiger partial charge in [-0.2, -0.15) is 0 Å². The van der Waals surface area contributed by atoms with Crippen molar-refractivity contribution >= 4 is 12.4 Å². The Bertz CT molecular complexity index is 343. The third kappa shape index (κ3) is 5.61. The first-order valence-corrected chi connectivity index (χ1v) is 6.17. The summed E-state index contributed by atoms with van der Waals surface area (Å²) in [6.07, 6.45) is 0. The number of nitrogens with one attached hydrogen (secondary N) is 1. The van der Waals surface area contributed by atoms with Crippen LogP contribution in [0.1, 0.15) is 26.3 Å². The van der Waals surface area contributed by atoms with Crippen LogP contribution in [0.15, 0.2) is 18.2 Å². The summed E-state index contributed by atoms with van der Waals surface area (Å²) in [5, 5.41) is 3.41. The highest BCUT2D eigenvalue weighted by Gasteiger charge is 2.05. The smallest absolute Gasteiger partial charge is 0.161 e. The lowest BCUT2D eigenvalue weighted by atomic mass is 10.2. The van der Waals surface area contributed by atoms with Crippen molar-refractivity contribution in [3.63, 3.8) is 0 Å². The van der Waals surface area contributed by atoms with E-state index in [4.69, 9.17) is 9.47 Å². The van der Waals surface area contributed by atoms with E-state index in [1.807, 2.05) is 19.1 Å². The van der Waals surface area contributed by atoms with Gasteiger partial charge >= 0.3 is 0 Å². The highest BCUT2D eigenvalue weighted by atomic mass is 35.5. The highest BCUT2D eigenvalue weighted by Crippen LogP contribution is 2.27. The van der Waals surface area contributed by atoms with Crippen molar-refractivity contribution in [1.29, 1.82) is 0 Å². The Morgan fingerprint density at radius 3 is 2.50 bits per heavy atom. The first-order valence-electron chi connectivity index (χ1n) is 6.17. The van der Waals surface area contributed by atoms with Crippen LogP contribution in [0, 0.1) is 5.92 Å². The summed E-state index contributed by atoms with van der Waals surface area (Å²) in [6.45, 7) is 8.92. The third-order valence-electron chi connectivity index (χ3n) is 2.41. The van der Waals surface area contributed by atoms with Gasteiger partial charge in [0, 0.05) is 6.54 Å². The van der Waals surface area contributed by atoms with Gasteiger partial charge in [-0.3, -0.25) is 0 Å². The summed E-state index contributed by atoms with van der Waals surface area (Å²) in [5.41, 5.74) is 1.22. The molecule has 0 amide bonds. The van der Waals surface area contributed by atoms with Crippen molar-refractivity contribution in [2.75, 3.05) is 20.3 Å². The number of ether oxygens (including phenoxy) is 2. The standard InChI is InChI=1S/C14H23NO2.ClH/c1-5-17-14-8-12(6-7-13(14)16-4)10-15-9-11(2)3;/h6-8,11,15H,5,9-10H2,1-4H3;1H. The Labute approximate surface area is 116 Å². The molecule has 1 rings (SSSR count). The zero-order chi connectivity index (χ0) is 12.7. The average molecular weight is 274 g/mol. The first kappa shape index (κ1) is 17.1. The molecule has 0 aromatic heterocycles. The zero-order valence-corrected chi connectivity index (χ0v) is 12.5. The molecule has 18 heavy (non-hydrogen) atoms. The predicted octanol–water partition coefficient (Wildman–Crippen LogP) is 3.26. The number of rotatable bonds is 7. The van der Waals surface area contributed by atoms with Gasteiger partial charge in [0.05, 0.1) is 13.7 Å². The fraction of sp³-hybridized carbons (Fsp3) is 0.571. The monoisotopic (exact) mass is 273 g/mol. The van der Waals surface area contributed by atoms with E-state index in [9.17, 15) is 0 Å². The van der Waals surface area contributed by atoms with E-state index in [-0.39, 0.29) is 12.4 Å². The van der Waals surface area contributed by atoms with Gasteiger partial charge in [-0.05, 0) is 37.1 Å². The van der Waals surface area contributed by atoms with Gasteiger partial charge in [-0.25, -0.2) is 0 Å². The molecule has 0 spiro atoms. The topological polar surface area (TPSA) is 30.5 Å². The van der Waals surface area contributed by atoms with Gasteiger partial charge in [0.15, 0.2) is 11.5 Å². The normalized spacial score (nSPS) is 10.1. The van der Waals surface area contributed by atoms with Crippen molar-refractivity contribution < 1.29 is 9.47 Å². The lowest BCUT2D eigenvalue weighted by Gasteiger charge is -2.12. The maximum Gasteiger partial charge on any atom is 0.161 e. The summed E-state index contributed by atoms with van der Waals surface area (Å²) >= 11 is 0. The van der Waals surface area contributed by atoms with Crippen LogP contribution in [-0.2, 0) is 6.54 Å². The van der Waals surface area contributed by atoms with Gasteiger partial charge in [0.2, 0.25) is 0 Å². The molecule has 0 atom stereocenters. The van der Waals surface area contributed by atoms with E-state index >= 15 is 0 Å². The molecule has 4 heteroatoms.